The maximum absolute atomic E-state index is 11.8. The number of hydrogen-bond donors (Lipinski definition) is 1. The highest BCUT2D eigenvalue weighted by Gasteiger charge is 2.09. The molecule has 0 amide bonds. The van der Waals surface area contributed by atoms with Crippen molar-refractivity contribution >= 4 is 5.97 Å². The number of carbonyl (C=O) groups is 1. The summed E-state index contributed by atoms with van der Waals surface area (Å²) in [5.74, 6) is -0.0257. The van der Waals surface area contributed by atoms with E-state index in [4.69, 9.17) is 9.84 Å². The van der Waals surface area contributed by atoms with E-state index in [1.54, 1.807) is 12.1 Å². The summed E-state index contributed by atoms with van der Waals surface area (Å²) < 4.78 is 5.24. The van der Waals surface area contributed by atoms with Crippen molar-refractivity contribution in [1.29, 1.82) is 0 Å². The summed E-state index contributed by atoms with van der Waals surface area (Å²) in [6.07, 6.45) is 5.09. The van der Waals surface area contributed by atoms with Crippen molar-refractivity contribution in [2.45, 2.75) is 39.0 Å². The van der Waals surface area contributed by atoms with Gasteiger partial charge in [-0.3, -0.25) is 0 Å². The van der Waals surface area contributed by atoms with Gasteiger partial charge in [-0.05, 0) is 41.7 Å². The van der Waals surface area contributed by atoms with Gasteiger partial charge in [-0.2, -0.15) is 0 Å². The molecule has 0 spiro atoms. The van der Waals surface area contributed by atoms with Crippen LogP contribution in [-0.4, -0.2) is 17.7 Å². The molecule has 0 fully saturated rings. The second kappa shape index (κ2) is 9.80. The van der Waals surface area contributed by atoms with Crippen LogP contribution in [0.4, 0.5) is 0 Å². The molecule has 0 aromatic heterocycles. The molecule has 2 rings (SSSR count). The van der Waals surface area contributed by atoms with Crippen LogP contribution in [0.1, 0.15) is 38.2 Å². The second-order valence-corrected chi connectivity index (χ2v) is 6.15. The molecule has 0 bridgehead atoms. The molecule has 0 aliphatic carbocycles. The third-order valence-corrected chi connectivity index (χ3v) is 4.12. The van der Waals surface area contributed by atoms with Crippen LogP contribution in [0.25, 0.3) is 11.1 Å². The van der Waals surface area contributed by atoms with Crippen molar-refractivity contribution < 1.29 is 14.6 Å². The predicted octanol–water partition coefficient (Wildman–Crippen LogP) is 4.93. The van der Waals surface area contributed by atoms with Gasteiger partial charge in [0.1, 0.15) is 5.75 Å². The van der Waals surface area contributed by atoms with Gasteiger partial charge in [0.25, 0.3) is 0 Å². The van der Waals surface area contributed by atoms with E-state index in [1.807, 2.05) is 12.1 Å². The van der Waals surface area contributed by atoms with E-state index < -0.39 is 5.97 Å². The Morgan fingerprint density at radius 3 is 2.16 bits per heavy atom. The van der Waals surface area contributed by atoms with Gasteiger partial charge in [-0.1, -0.05) is 62.7 Å². The molecule has 0 heterocycles. The van der Waals surface area contributed by atoms with Crippen molar-refractivity contribution in [3.05, 3.63) is 66.2 Å². The summed E-state index contributed by atoms with van der Waals surface area (Å²) in [5, 5.41) is 8.83. The van der Waals surface area contributed by atoms with Crippen LogP contribution in [-0.2, 0) is 11.2 Å². The van der Waals surface area contributed by atoms with E-state index in [2.05, 4.69) is 37.8 Å². The van der Waals surface area contributed by atoms with Gasteiger partial charge in [-0.15, -0.1) is 0 Å². The summed E-state index contributed by atoms with van der Waals surface area (Å²) in [5.41, 5.74) is 3.85. The Hall–Kier alpha value is -2.39. The molecule has 0 unspecified atom stereocenters. The number of aliphatic hydroxyl groups is 1. The molecular weight excluding hydrogens is 312 g/mol. The molecule has 2 aromatic carbocycles. The molecule has 0 radical (unpaired) electrons. The first-order valence-electron chi connectivity index (χ1n) is 8.84. The molecule has 0 saturated heterocycles. The Bertz CT molecular complexity index is 684. The highest BCUT2D eigenvalue weighted by Crippen LogP contribution is 2.23. The number of ether oxygens (including phenoxy) is 1. The van der Waals surface area contributed by atoms with E-state index in [0.29, 0.717) is 5.75 Å². The Labute approximate surface area is 150 Å². The average Bonchev–Trinajstić information content (AvgIpc) is 2.63. The molecule has 2 aromatic rings. The first-order valence-corrected chi connectivity index (χ1v) is 8.84. The standard InChI is InChI=1S/C22H26O3/c1-3-4-5-6-18-7-9-19(10-8-18)20-11-13-21(14-12-20)25-22(24)17(2)15-16-23/h7-14,23H,2-6,15-16H2,1H3. The first-order chi connectivity index (χ1) is 12.1. The second-order valence-electron chi connectivity index (χ2n) is 6.15. The number of unbranched alkanes of at least 4 members (excludes halogenated alkanes) is 2. The van der Waals surface area contributed by atoms with E-state index >= 15 is 0 Å². The Balaban J connectivity index is 1.97. The molecule has 132 valence electrons. The minimum absolute atomic E-state index is 0.110. The number of esters is 1. The van der Waals surface area contributed by atoms with Crippen molar-refractivity contribution in [3.63, 3.8) is 0 Å². The van der Waals surface area contributed by atoms with Crippen LogP contribution < -0.4 is 4.74 Å². The highest BCUT2D eigenvalue weighted by atomic mass is 16.5. The highest BCUT2D eigenvalue weighted by molar-refractivity contribution is 5.89. The van der Waals surface area contributed by atoms with Gasteiger partial charge >= 0.3 is 5.97 Å². The van der Waals surface area contributed by atoms with E-state index in [9.17, 15) is 4.79 Å². The lowest BCUT2D eigenvalue weighted by atomic mass is 10.0. The Morgan fingerprint density at radius 2 is 1.60 bits per heavy atom. The van der Waals surface area contributed by atoms with Crippen LogP contribution in [0.5, 0.6) is 5.75 Å². The SMILES string of the molecule is C=C(CCO)C(=O)Oc1ccc(-c2ccc(CCCCC)cc2)cc1. The van der Waals surface area contributed by atoms with Gasteiger partial charge in [0.05, 0.1) is 0 Å². The van der Waals surface area contributed by atoms with E-state index in [-0.39, 0.29) is 18.6 Å². The molecule has 3 nitrogen and oxygen atoms in total. The Morgan fingerprint density at radius 1 is 1.00 bits per heavy atom. The van der Waals surface area contributed by atoms with Crippen LogP contribution in [0.2, 0.25) is 0 Å². The zero-order chi connectivity index (χ0) is 18.1. The van der Waals surface area contributed by atoms with Crippen molar-refractivity contribution in [3.8, 4) is 16.9 Å². The van der Waals surface area contributed by atoms with Crippen molar-refractivity contribution in [2.75, 3.05) is 6.61 Å². The minimum atomic E-state index is -0.502. The summed E-state index contributed by atoms with van der Waals surface area (Å²) in [7, 11) is 0. The summed E-state index contributed by atoms with van der Waals surface area (Å²) >= 11 is 0. The Kier molecular flexibility index (Phi) is 7.42. The minimum Gasteiger partial charge on any atom is -0.423 e. The average molecular weight is 338 g/mol. The molecule has 1 N–H and O–H groups in total. The number of hydrogen-bond acceptors (Lipinski definition) is 3. The van der Waals surface area contributed by atoms with Gasteiger partial charge in [0.2, 0.25) is 0 Å². The lowest BCUT2D eigenvalue weighted by Gasteiger charge is -2.08. The smallest absolute Gasteiger partial charge is 0.338 e. The summed E-state index contributed by atoms with van der Waals surface area (Å²) in [6.45, 7) is 5.71. The zero-order valence-electron chi connectivity index (χ0n) is 14.8. The number of rotatable bonds is 9. The number of aliphatic hydroxyl groups excluding tert-OH is 1. The van der Waals surface area contributed by atoms with Gasteiger partial charge in [0.15, 0.2) is 0 Å². The molecule has 0 aliphatic heterocycles. The van der Waals surface area contributed by atoms with Crippen molar-refractivity contribution in [1.82, 2.24) is 0 Å². The fourth-order valence-corrected chi connectivity index (χ4v) is 2.57. The van der Waals surface area contributed by atoms with Crippen LogP contribution >= 0.6 is 0 Å². The van der Waals surface area contributed by atoms with Gasteiger partial charge in [0, 0.05) is 18.6 Å². The van der Waals surface area contributed by atoms with E-state index in [1.165, 1.54) is 24.8 Å². The van der Waals surface area contributed by atoms with Gasteiger partial charge < -0.3 is 9.84 Å². The molecule has 0 atom stereocenters. The van der Waals surface area contributed by atoms with E-state index in [0.717, 1.165) is 17.5 Å². The maximum atomic E-state index is 11.8. The van der Waals surface area contributed by atoms with Crippen LogP contribution in [0.3, 0.4) is 0 Å². The number of carbonyl (C=O) groups excluding carboxylic acids is 1. The zero-order valence-corrected chi connectivity index (χ0v) is 14.8. The summed E-state index contributed by atoms with van der Waals surface area (Å²) in [6, 6.07) is 16.0. The first kappa shape index (κ1) is 18.9. The third-order valence-electron chi connectivity index (χ3n) is 4.12. The van der Waals surface area contributed by atoms with Gasteiger partial charge in [-0.25, -0.2) is 4.79 Å². The fraction of sp³-hybridized carbons (Fsp3) is 0.318. The molecule has 25 heavy (non-hydrogen) atoms. The lowest BCUT2D eigenvalue weighted by molar-refractivity contribution is -0.130. The third kappa shape index (κ3) is 5.87. The summed E-state index contributed by atoms with van der Waals surface area (Å²) in [4.78, 5) is 11.8. The largest absolute Gasteiger partial charge is 0.423 e. The lowest BCUT2D eigenvalue weighted by Crippen LogP contribution is -2.11. The van der Waals surface area contributed by atoms with Crippen LogP contribution in [0, 0.1) is 0 Å². The normalized spacial score (nSPS) is 10.5. The molecule has 3 heteroatoms. The quantitative estimate of drug-likeness (QED) is 0.305. The van der Waals surface area contributed by atoms with Crippen LogP contribution in [0.15, 0.2) is 60.7 Å². The molecule has 0 saturated carbocycles. The van der Waals surface area contributed by atoms with Crippen molar-refractivity contribution in [2.24, 2.45) is 0 Å². The molecule has 0 aliphatic rings. The maximum Gasteiger partial charge on any atom is 0.338 e. The monoisotopic (exact) mass is 338 g/mol. The topological polar surface area (TPSA) is 46.5 Å². The fourth-order valence-electron chi connectivity index (χ4n) is 2.57. The number of aryl methyl sites for hydroxylation is 1. The number of benzene rings is 2. The predicted molar refractivity (Wildman–Crippen MR) is 102 cm³/mol. The molecular formula is C22H26O3.